The molecule has 4 heteroatoms. The molecule has 0 fully saturated rings. The number of rotatable bonds is 6. The number of methoxy groups -OCH3 is 1. The Morgan fingerprint density at radius 1 is 1.40 bits per heavy atom. The van der Waals surface area contributed by atoms with E-state index < -0.39 is 0 Å². The normalized spacial score (nSPS) is 13.7. The van der Waals surface area contributed by atoms with E-state index in [1.807, 2.05) is 38.1 Å². The molecule has 0 aliphatic heterocycles. The summed E-state index contributed by atoms with van der Waals surface area (Å²) >= 11 is 0. The molecule has 1 aromatic carbocycles. The molecule has 0 aliphatic carbocycles. The van der Waals surface area contributed by atoms with Gasteiger partial charge in [-0.3, -0.25) is 0 Å². The molecule has 0 aliphatic rings. The summed E-state index contributed by atoms with van der Waals surface area (Å²) in [5.74, 6) is 1.62. The number of hydrogen-bond donors (Lipinski definition) is 2. The van der Waals surface area contributed by atoms with Gasteiger partial charge in [-0.25, -0.2) is 0 Å². The summed E-state index contributed by atoms with van der Waals surface area (Å²) in [5.41, 5.74) is 0.637. The minimum absolute atomic E-state index is 0.0814. The minimum Gasteiger partial charge on any atom is -0.493 e. The van der Waals surface area contributed by atoms with Gasteiger partial charge in [0, 0.05) is 24.0 Å². The highest BCUT2D eigenvalue weighted by Crippen LogP contribution is 2.31. The molecule has 0 bridgehead atoms. The van der Waals surface area contributed by atoms with Gasteiger partial charge in [0.1, 0.15) is 5.76 Å². The molecule has 0 spiro atoms. The van der Waals surface area contributed by atoms with E-state index in [1.54, 1.807) is 7.11 Å². The lowest BCUT2D eigenvalue weighted by Crippen LogP contribution is -2.33. The first-order valence-electron chi connectivity index (χ1n) is 6.87. The van der Waals surface area contributed by atoms with Gasteiger partial charge < -0.3 is 19.6 Å². The van der Waals surface area contributed by atoms with E-state index in [4.69, 9.17) is 9.15 Å². The van der Waals surface area contributed by atoms with E-state index in [9.17, 15) is 5.11 Å². The third-order valence-corrected chi connectivity index (χ3v) is 3.49. The molecule has 0 amide bonds. The molecule has 1 heterocycles. The highest BCUT2D eigenvalue weighted by atomic mass is 16.5. The van der Waals surface area contributed by atoms with Gasteiger partial charge >= 0.3 is 0 Å². The predicted octanol–water partition coefficient (Wildman–Crippen LogP) is 3.11. The van der Waals surface area contributed by atoms with Crippen molar-refractivity contribution >= 4 is 11.0 Å². The van der Waals surface area contributed by atoms with Gasteiger partial charge in [0.15, 0.2) is 11.3 Å². The second-order valence-corrected chi connectivity index (χ2v) is 5.95. The Labute approximate surface area is 119 Å². The summed E-state index contributed by atoms with van der Waals surface area (Å²) in [6, 6.07) is 7.96. The average Bonchev–Trinajstić information content (AvgIpc) is 2.88. The zero-order valence-corrected chi connectivity index (χ0v) is 12.6. The quantitative estimate of drug-likeness (QED) is 0.852. The Balaban J connectivity index is 2.16. The molecule has 0 saturated heterocycles. The molecular weight excluding hydrogens is 254 g/mol. The van der Waals surface area contributed by atoms with E-state index in [0.29, 0.717) is 0 Å². The number of aliphatic hydroxyl groups is 1. The van der Waals surface area contributed by atoms with Crippen molar-refractivity contribution < 1.29 is 14.3 Å². The summed E-state index contributed by atoms with van der Waals surface area (Å²) in [7, 11) is 1.64. The standard InChI is InChI=1S/C16H23NO3/c1-11(17-9-16(2,3)10-18)14-8-12-6-5-7-13(19-4)15(12)20-14/h5-8,11,17-18H,9-10H2,1-4H3. The molecule has 2 N–H and O–H groups in total. The minimum atomic E-state index is -0.141. The average molecular weight is 277 g/mol. The van der Waals surface area contributed by atoms with Crippen LogP contribution in [0.15, 0.2) is 28.7 Å². The topological polar surface area (TPSA) is 54.6 Å². The van der Waals surface area contributed by atoms with Crippen molar-refractivity contribution in [2.75, 3.05) is 20.3 Å². The van der Waals surface area contributed by atoms with Crippen molar-refractivity contribution in [3.63, 3.8) is 0 Å². The van der Waals surface area contributed by atoms with Crippen molar-refractivity contribution in [2.24, 2.45) is 5.41 Å². The van der Waals surface area contributed by atoms with Crippen LogP contribution in [0.1, 0.15) is 32.6 Å². The third kappa shape index (κ3) is 3.14. The Hall–Kier alpha value is -1.52. The van der Waals surface area contributed by atoms with Gasteiger partial charge in [-0.15, -0.1) is 0 Å². The Morgan fingerprint density at radius 3 is 2.80 bits per heavy atom. The number of fused-ring (bicyclic) bond motifs is 1. The van der Waals surface area contributed by atoms with E-state index in [-0.39, 0.29) is 18.1 Å². The molecule has 4 nitrogen and oxygen atoms in total. The van der Waals surface area contributed by atoms with Crippen molar-refractivity contribution in [1.82, 2.24) is 5.32 Å². The van der Waals surface area contributed by atoms with Crippen LogP contribution in [0.5, 0.6) is 5.75 Å². The van der Waals surface area contributed by atoms with Crippen LogP contribution in [0.25, 0.3) is 11.0 Å². The van der Waals surface area contributed by atoms with E-state index in [1.165, 1.54) is 0 Å². The third-order valence-electron chi connectivity index (χ3n) is 3.49. The smallest absolute Gasteiger partial charge is 0.176 e. The molecule has 1 unspecified atom stereocenters. The molecule has 2 rings (SSSR count). The Bertz CT molecular complexity index is 574. The number of hydrogen-bond acceptors (Lipinski definition) is 4. The zero-order chi connectivity index (χ0) is 14.8. The van der Waals surface area contributed by atoms with E-state index >= 15 is 0 Å². The lowest BCUT2D eigenvalue weighted by molar-refractivity contribution is 0.152. The fourth-order valence-electron chi connectivity index (χ4n) is 2.02. The fourth-order valence-corrected chi connectivity index (χ4v) is 2.02. The van der Waals surface area contributed by atoms with Crippen molar-refractivity contribution in [1.29, 1.82) is 0 Å². The van der Waals surface area contributed by atoms with Gasteiger partial charge in [0.2, 0.25) is 0 Å². The van der Waals surface area contributed by atoms with Gasteiger partial charge in [0.05, 0.1) is 13.2 Å². The lowest BCUT2D eigenvalue weighted by Gasteiger charge is -2.24. The first kappa shape index (κ1) is 14.9. The van der Waals surface area contributed by atoms with Crippen LogP contribution in [0.3, 0.4) is 0 Å². The van der Waals surface area contributed by atoms with Gasteiger partial charge in [0.25, 0.3) is 0 Å². The van der Waals surface area contributed by atoms with E-state index in [2.05, 4.69) is 12.2 Å². The Kier molecular flexibility index (Phi) is 4.35. The van der Waals surface area contributed by atoms with Gasteiger partial charge in [-0.1, -0.05) is 26.0 Å². The SMILES string of the molecule is COc1cccc2cc(C(C)NCC(C)(C)CO)oc12. The number of benzene rings is 1. The van der Waals surface area contributed by atoms with Crippen LogP contribution in [-0.4, -0.2) is 25.4 Å². The number of furan rings is 1. The van der Waals surface area contributed by atoms with Crippen LogP contribution < -0.4 is 10.1 Å². The predicted molar refractivity (Wildman–Crippen MR) is 80.1 cm³/mol. The fraction of sp³-hybridized carbons (Fsp3) is 0.500. The van der Waals surface area contributed by atoms with Gasteiger partial charge in [-0.2, -0.15) is 0 Å². The van der Waals surface area contributed by atoms with Crippen LogP contribution in [-0.2, 0) is 0 Å². The summed E-state index contributed by atoms with van der Waals surface area (Å²) in [4.78, 5) is 0. The Morgan fingerprint density at radius 2 is 2.15 bits per heavy atom. The second kappa shape index (κ2) is 5.85. The summed E-state index contributed by atoms with van der Waals surface area (Å²) < 4.78 is 11.2. The summed E-state index contributed by atoms with van der Waals surface area (Å²) in [6.07, 6.45) is 0. The molecule has 110 valence electrons. The van der Waals surface area contributed by atoms with Crippen LogP contribution in [0, 0.1) is 5.41 Å². The molecule has 2 aromatic rings. The van der Waals surface area contributed by atoms with Crippen molar-refractivity contribution in [3.05, 3.63) is 30.0 Å². The summed E-state index contributed by atoms with van der Waals surface area (Å²) in [5, 5.41) is 13.7. The van der Waals surface area contributed by atoms with Crippen molar-refractivity contribution in [3.8, 4) is 5.75 Å². The maximum Gasteiger partial charge on any atom is 0.176 e. The first-order valence-corrected chi connectivity index (χ1v) is 6.87. The molecule has 0 radical (unpaired) electrons. The van der Waals surface area contributed by atoms with Gasteiger partial charge in [-0.05, 0) is 19.1 Å². The monoisotopic (exact) mass is 277 g/mol. The molecule has 1 atom stereocenters. The highest BCUT2D eigenvalue weighted by molar-refractivity contribution is 5.83. The number of para-hydroxylation sites is 1. The number of aliphatic hydroxyl groups excluding tert-OH is 1. The second-order valence-electron chi connectivity index (χ2n) is 5.95. The van der Waals surface area contributed by atoms with Crippen LogP contribution >= 0.6 is 0 Å². The first-order chi connectivity index (χ1) is 9.46. The molecule has 1 aromatic heterocycles. The molecule has 20 heavy (non-hydrogen) atoms. The van der Waals surface area contributed by atoms with E-state index in [0.717, 1.165) is 29.0 Å². The molecule has 0 saturated carbocycles. The summed E-state index contributed by atoms with van der Waals surface area (Å²) in [6.45, 7) is 6.97. The maximum atomic E-state index is 9.28. The largest absolute Gasteiger partial charge is 0.493 e. The van der Waals surface area contributed by atoms with Crippen LogP contribution in [0.2, 0.25) is 0 Å². The zero-order valence-electron chi connectivity index (χ0n) is 12.6. The van der Waals surface area contributed by atoms with Crippen molar-refractivity contribution in [2.45, 2.75) is 26.8 Å². The number of nitrogens with one attached hydrogen (secondary N) is 1. The maximum absolute atomic E-state index is 9.28. The highest BCUT2D eigenvalue weighted by Gasteiger charge is 2.19. The lowest BCUT2D eigenvalue weighted by atomic mass is 9.94. The molecular formula is C16H23NO3. The van der Waals surface area contributed by atoms with Crippen LogP contribution in [0.4, 0.5) is 0 Å². The number of ether oxygens (including phenoxy) is 1.